The monoisotopic (exact) mass is 391 g/mol. The van der Waals surface area contributed by atoms with Crippen molar-refractivity contribution in [2.24, 2.45) is 5.92 Å². The summed E-state index contributed by atoms with van der Waals surface area (Å²) in [7, 11) is -0.710. The topological polar surface area (TPSA) is 73.9 Å². The summed E-state index contributed by atoms with van der Waals surface area (Å²) in [6.45, 7) is 3.09. The third kappa shape index (κ3) is 3.07. The second-order valence-electron chi connectivity index (χ2n) is 7.49. The summed E-state index contributed by atoms with van der Waals surface area (Å²) in [4.78, 5) is 0.397. The Morgan fingerprint density at radius 1 is 1.19 bits per heavy atom. The van der Waals surface area contributed by atoms with Gasteiger partial charge in [-0.05, 0) is 50.6 Å². The predicted molar refractivity (Wildman–Crippen MR) is 102 cm³/mol. The number of rotatable bonds is 4. The van der Waals surface area contributed by atoms with Crippen LogP contribution in [0.25, 0.3) is 0 Å². The van der Waals surface area contributed by atoms with Gasteiger partial charge in [0.2, 0.25) is 9.84 Å². The minimum absolute atomic E-state index is 0.146. The van der Waals surface area contributed by atoms with Crippen LogP contribution in [0.5, 0.6) is 11.5 Å². The first-order chi connectivity index (χ1) is 12.9. The van der Waals surface area contributed by atoms with Crippen LogP contribution in [0.2, 0.25) is 0 Å². The van der Waals surface area contributed by atoms with Crippen molar-refractivity contribution in [1.82, 2.24) is 5.32 Å². The Bertz CT molecular complexity index is 885. The number of ether oxygens (including phenoxy) is 3. The first-order valence-electron chi connectivity index (χ1n) is 9.17. The molecule has 0 spiro atoms. The predicted octanol–water partition coefficient (Wildman–Crippen LogP) is 2.46. The van der Waals surface area contributed by atoms with Gasteiger partial charge >= 0.3 is 0 Å². The Hall–Kier alpha value is -1.83. The maximum atomic E-state index is 13.2. The normalized spacial score (nSPS) is 32.4. The second-order valence-corrected chi connectivity index (χ2v) is 9.44. The Morgan fingerprint density at radius 2 is 1.89 bits per heavy atom. The van der Waals surface area contributed by atoms with Crippen LogP contribution in [-0.2, 0) is 14.6 Å². The summed E-state index contributed by atoms with van der Waals surface area (Å²) in [6, 6.07) is 4.88. The maximum Gasteiger partial charge on any atom is 0.206 e. The number of sulfone groups is 1. The van der Waals surface area contributed by atoms with E-state index in [0.29, 0.717) is 11.5 Å². The van der Waals surface area contributed by atoms with Crippen molar-refractivity contribution in [1.29, 1.82) is 0 Å². The van der Waals surface area contributed by atoms with E-state index in [1.807, 2.05) is 6.08 Å². The van der Waals surface area contributed by atoms with Crippen molar-refractivity contribution in [3.05, 3.63) is 41.3 Å². The summed E-state index contributed by atoms with van der Waals surface area (Å²) in [6.07, 6.45) is 7.23. The number of hydrogen-bond donors (Lipinski definition) is 1. The van der Waals surface area contributed by atoms with Crippen molar-refractivity contribution in [3.63, 3.8) is 0 Å². The smallest absolute Gasteiger partial charge is 0.206 e. The molecule has 4 unspecified atom stereocenters. The van der Waals surface area contributed by atoms with E-state index in [4.69, 9.17) is 14.2 Å². The first kappa shape index (κ1) is 18.5. The average Bonchev–Trinajstić information content (AvgIpc) is 2.98. The zero-order chi connectivity index (χ0) is 19.2. The van der Waals surface area contributed by atoms with Crippen LogP contribution in [0.15, 0.2) is 46.2 Å². The summed E-state index contributed by atoms with van der Waals surface area (Å²) in [5.74, 6) is 1.02. The molecular formula is C20H25NO5S. The van der Waals surface area contributed by atoms with Gasteiger partial charge in [-0.2, -0.15) is 0 Å². The van der Waals surface area contributed by atoms with Crippen molar-refractivity contribution in [2.75, 3.05) is 20.8 Å². The molecule has 0 saturated carbocycles. The number of piperidine rings is 1. The molecule has 7 heteroatoms. The number of fused-ring (bicyclic) bond motifs is 3. The highest BCUT2D eigenvalue weighted by Gasteiger charge is 2.52. The van der Waals surface area contributed by atoms with Gasteiger partial charge in [0, 0.05) is 18.0 Å². The molecule has 4 rings (SSSR count). The van der Waals surface area contributed by atoms with Crippen molar-refractivity contribution in [2.45, 2.75) is 42.4 Å². The minimum Gasteiger partial charge on any atom is -0.497 e. The van der Waals surface area contributed by atoms with Gasteiger partial charge < -0.3 is 19.5 Å². The molecule has 1 aliphatic carbocycles. The molecule has 146 valence electrons. The fourth-order valence-corrected chi connectivity index (χ4v) is 5.75. The van der Waals surface area contributed by atoms with Crippen molar-refractivity contribution in [3.8, 4) is 11.5 Å². The van der Waals surface area contributed by atoms with Crippen LogP contribution in [0.1, 0.15) is 19.8 Å². The van der Waals surface area contributed by atoms with E-state index in [-0.39, 0.29) is 33.5 Å². The molecule has 2 heterocycles. The minimum atomic E-state index is -3.70. The molecule has 0 radical (unpaired) electrons. The number of allylic oxidation sites excluding steroid dienone is 1. The van der Waals surface area contributed by atoms with E-state index < -0.39 is 9.84 Å². The van der Waals surface area contributed by atoms with Crippen LogP contribution in [-0.4, -0.2) is 46.9 Å². The van der Waals surface area contributed by atoms with Gasteiger partial charge in [-0.1, -0.05) is 6.08 Å². The molecule has 4 atom stereocenters. The molecule has 2 aliphatic heterocycles. The van der Waals surface area contributed by atoms with E-state index in [1.165, 1.54) is 26.4 Å². The number of nitrogens with one attached hydrogen (secondary N) is 1. The molecule has 0 bridgehead atoms. The largest absolute Gasteiger partial charge is 0.497 e. The van der Waals surface area contributed by atoms with E-state index in [0.717, 1.165) is 19.4 Å². The summed E-state index contributed by atoms with van der Waals surface area (Å²) < 4.78 is 43.1. The molecule has 3 aliphatic rings. The Balaban J connectivity index is 1.68. The summed E-state index contributed by atoms with van der Waals surface area (Å²) >= 11 is 0. The van der Waals surface area contributed by atoms with Gasteiger partial charge in [-0.25, -0.2) is 8.42 Å². The lowest BCUT2D eigenvalue weighted by Crippen LogP contribution is -2.52. The summed E-state index contributed by atoms with van der Waals surface area (Å²) in [5, 5.41) is 3.55. The quantitative estimate of drug-likeness (QED) is 0.850. The number of methoxy groups -OCH3 is 2. The lowest BCUT2D eigenvalue weighted by Gasteiger charge is -2.36. The molecule has 2 saturated heterocycles. The molecule has 1 aromatic carbocycles. The van der Waals surface area contributed by atoms with Crippen molar-refractivity contribution < 1.29 is 22.6 Å². The highest BCUT2D eigenvalue weighted by Crippen LogP contribution is 2.44. The van der Waals surface area contributed by atoms with Gasteiger partial charge in [-0.15, -0.1) is 0 Å². The van der Waals surface area contributed by atoms with E-state index in [2.05, 4.69) is 12.2 Å². The number of benzene rings is 1. The summed E-state index contributed by atoms with van der Waals surface area (Å²) in [5.41, 5.74) is -0.257. The third-order valence-electron chi connectivity index (χ3n) is 5.80. The Labute approximate surface area is 160 Å². The first-order valence-corrected chi connectivity index (χ1v) is 10.6. The van der Waals surface area contributed by atoms with Gasteiger partial charge in [0.25, 0.3) is 0 Å². The van der Waals surface area contributed by atoms with Crippen LogP contribution < -0.4 is 14.8 Å². The Morgan fingerprint density at radius 3 is 2.56 bits per heavy atom. The SMILES string of the molecule is COc1cc(OC)cc(S(=O)(=O)C2=CC3OC4(C)CCCNC4C3C=C2)c1. The fraction of sp³-hybridized carbons (Fsp3) is 0.500. The molecule has 2 fully saturated rings. The van der Waals surface area contributed by atoms with Gasteiger partial charge in [0.15, 0.2) is 0 Å². The van der Waals surface area contributed by atoms with Crippen LogP contribution in [0.3, 0.4) is 0 Å². The molecular weight excluding hydrogens is 366 g/mol. The second kappa shape index (κ2) is 6.65. The molecule has 0 aromatic heterocycles. The zero-order valence-corrected chi connectivity index (χ0v) is 16.6. The standard InChI is InChI=1S/C20H25NO5S/c1-20-7-4-8-21-19(20)17-6-5-15(12-18(17)26-20)27(22,23)16-10-13(24-2)9-14(11-16)25-3/h5-6,9-12,17-19,21H,4,7-8H2,1-3H3. The average molecular weight is 391 g/mol. The third-order valence-corrected chi connectivity index (χ3v) is 7.55. The van der Waals surface area contributed by atoms with Gasteiger partial charge in [-0.3, -0.25) is 0 Å². The zero-order valence-electron chi connectivity index (χ0n) is 15.8. The van der Waals surface area contributed by atoms with E-state index in [9.17, 15) is 8.42 Å². The van der Waals surface area contributed by atoms with Crippen LogP contribution in [0.4, 0.5) is 0 Å². The Kier molecular flexibility index (Phi) is 4.56. The molecule has 6 nitrogen and oxygen atoms in total. The highest BCUT2D eigenvalue weighted by molar-refractivity contribution is 7.95. The maximum absolute atomic E-state index is 13.2. The van der Waals surface area contributed by atoms with Crippen LogP contribution >= 0.6 is 0 Å². The molecule has 1 aromatic rings. The van der Waals surface area contributed by atoms with Gasteiger partial charge in [0.1, 0.15) is 11.5 Å². The number of hydrogen-bond acceptors (Lipinski definition) is 6. The lowest BCUT2D eigenvalue weighted by atomic mass is 9.80. The molecule has 1 N–H and O–H groups in total. The van der Waals surface area contributed by atoms with E-state index in [1.54, 1.807) is 18.2 Å². The lowest BCUT2D eigenvalue weighted by molar-refractivity contribution is -0.0371. The fourth-order valence-electron chi connectivity index (χ4n) is 4.36. The van der Waals surface area contributed by atoms with E-state index >= 15 is 0 Å². The molecule has 27 heavy (non-hydrogen) atoms. The van der Waals surface area contributed by atoms with Gasteiger partial charge in [0.05, 0.1) is 35.7 Å². The van der Waals surface area contributed by atoms with Crippen LogP contribution in [0, 0.1) is 5.92 Å². The highest BCUT2D eigenvalue weighted by atomic mass is 32.2. The van der Waals surface area contributed by atoms with Crippen molar-refractivity contribution >= 4 is 9.84 Å². The molecule has 0 amide bonds.